The van der Waals surface area contributed by atoms with Crippen molar-refractivity contribution in [2.24, 2.45) is 10.9 Å². The fourth-order valence-electron chi connectivity index (χ4n) is 4.47. The van der Waals surface area contributed by atoms with Crippen LogP contribution in [0.5, 0.6) is 0 Å². The van der Waals surface area contributed by atoms with E-state index in [1.807, 2.05) is 37.5 Å². The summed E-state index contributed by atoms with van der Waals surface area (Å²) in [5.74, 6) is -0.742. The highest BCUT2D eigenvalue weighted by atomic mass is 32.1. The van der Waals surface area contributed by atoms with Crippen molar-refractivity contribution in [1.29, 1.82) is 0 Å². The molecule has 11 heteroatoms. The number of carboxylic acids is 1. The number of hydrogen-bond donors (Lipinski definition) is 2. The molecule has 0 bridgehead atoms. The minimum atomic E-state index is -4.43. The SMILES string of the molecule is Cc1sc2c(c1C)C(c1ccc(Nc3cccc(C(F)(F)F)c3)cc1)=N[C@@H](C(C)C(=O)O)c1nnc(C)n1-2. The zero-order valence-electron chi connectivity index (χ0n) is 21.0. The fourth-order valence-corrected chi connectivity index (χ4v) is 5.68. The molecule has 2 aromatic heterocycles. The Morgan fingerprint density at radius 1 is 1.08 bits per heavy atom. The van der Waals surface area contributed by atoms with E-state index in [0.29, 0.717) is 28.7 Å². The van der Waals surface area contributed by atoms with E-state index in [2.05, 4.69) is 15.5 Å². The second-order valence-electron chi connectivity index (χ2n) is 9.23. The highest BCUT2D eigenvalue weighted by molar-refractivity contribution is 7.15. The van der Waals surface area contributed by atoms with E-state index < -0.39 is 29.7 Å². The molecule has 7 nitrogen and oxygen atoms in total. The molecule has 1 aliphatic rings. The van der Waals surface area contributed by atoms with Crippen LogP contribution in [0.15, 0.2) is 53.5 Å². The Morgan fingerprint density at radius 2 is 1.79 bits per heavy atom. The van der Waals surface area contributed by atoms with Crippen LogP contribution >= 0.6 is 11.3 Å². The lowest BCUT2D eigenvalue weighted by molar-refractivity contribution is -0.142. The van der Waals surface area contributed by atoms with Gasteiger partial charge in [0.1, 0.15) is 16.9 Å². The number of benzene rings is 2. The third kappa shape index (κ3) is 4.47. The van der Waals surface area contributed by atoms with Gasteiger partial charge in [0.25, 0.3) is 0 Å². The first-order valence-corrected chi connectivity index (χ1v) is 12.7. The summed E-state index contributed by atoms with van der Waals surface area (Å²) in [6.07, 6.45) is -4.43. The molecule has 2 atom stereocenters. The third-order valence-corrected chi connectivity index (χ3v) is 7.88. The van der Waals surface area contributed by atoms with Crippen LogP contribution in [-0.4, -0.2) is 31.6 Å². The number of fused-ring (bicyclic) bond motifs is 3. The van der Waals surface area contributed by atoms with Crippen LogP contribution in [0.25, 0.3) is 5.00 Å². The number of nitrogens with zero attached hydrogens (tertiary/aromatic N) is 4. The number of nitrogens with one attached hydrogen (secondary N) is 1. The van der Waals surface area contributed by atoms with Crippen molar-refractivity contribution in [1.82, 2.24) is 14.8 Å². The number of carboxylic acid groups (broad SMARTS) is 1. The predicted octanol–water partition coefficient (Wildman–Crippen LogP) is 6.63. The summed E-state index contributed by atoms with van der Waals surface area (Å²) in [6.45, 7) is 7.45. The summed E-state index contributed by atoms with van der Waals surface area (Å²) in [6, 6.07) is 11.4. The summed E-state index contributed by atoms with van der Waals surface area (Å²) in [5, 5.41) is 22.2. The Hall–Kier alpha value is -3.99. The molecule has 0 spiro atoms. The summed E-state index contributed by atoms with van der Waals surface area (Å²) in [4.78, 5) is 18.1. The van der Waals surface area contributed by atoms with Gasteiger partial charge in [0.2, 0.25) is 0 Å². The van der Waals surface area contributed by atoms with Crippen LogP contribution in [0.4, 0.5) is 24.5 Å². The van der Waals surface area contributed by atoms with Gasteiger partial charge in [-0.25, -0.2) is 0 Å². The molecule has 196 valence electrons. The molecule has 2 aromatic carbocycles. The second kappa shape index (κ2) is 9.39. The quantitative estimate of drug-likeness (QED) is 0.297. The first-order valence-electron chi connectivity index (χ1n) is 11.8. The molecule has 0 radical (unpaired) electrons. The Kier molecular flexibility index (Phi) is 6.34. The molecule has 2 N–H and O–H groups in total. The number of carbonyl (C=O) groups is 1. The first-order chi connectivity index (χ1) is 18.0. The summed E-state index contributed by atoms with van der Waals surface area (Å²) in [7, 11) is 0. The van der Waals surface area contributed by atoms with E-state index in [0.717, 1.165) is 38.7 Å². The van der Waals surface area contributed by atoms with Crippen molar-refractivity contribution in [3.63, 3.8) is 0 Å². The number of aliphatic imine (C=N–C) groups is 1. The molecule has 0 aliphatic carbocycles. The van der Waals surface area contributed by atoms with Crippen molar-refractivity contribution in [3.8, 4) is 5.00 Å². The second-order valence-corrected chi connectivity index (χ2v) is 10.4. The molecule has 0 amide bonds. The smallest absolute Gasteiger partial charge is 0.416 e. The number of thiophene rings is 1. The number of alkyl halides is 3. The van der Waals surface area contributed by atoms with Crippen LogP contribution < -0.4 is 5.32 Å². The monoisotopic (exact) mass is 539 g/mol. The third-order valence-electron chi connectivity index (χ3n) is 6.69. The normalized spacial score (nSPS) is 15.8. The van der Waals surface area contributed by atoms with E-state index in [9.17, 15) is 23.1 Å². The maximum Gasteiger partial charge on any atom is 0.416 e. The summed E-state index contributed by atoms with van der Waals surface area (Å²) < 4.78 is 41.2. The van der Waals surface area contributed by atoms with Crippen molar-refractivity contribution in [2.75, 3.05) is 5.32 Å². The van der Waals surface area contributed by atoms with E-state index in [1.54, 1.807) is 36.5 Å². The van der Waals surface area contributed by atoms with Crippen LogP contribution in [0.3, 0.4) is 0 Å². The molecule has 3 heterocycles. The lowest BCUT2D eigenvalue weighted by Crippen LogP contribution is -2.21. The molecule has 4 aromatic rings. The average Bonchev–Trinajstić information content (AvgIpc) is 3.33. The number of rotatable bonds is 5. The Morgan fingerprint density at radius 3 is 2.45 bits per heavy atom. The summed E-state index contributed by atoms with van der Waals surface area (Å²) >= 11 is 1.57. The number of aliphatic carboxylic acids is 1. The van der Waals surface area contributed by atoms with Gasteiger partial charge in [-0.3, -0.25) is 14.4 Å². The van der Waals surface area contributed by atoms with Crippen LogP contribution in [0.2, 0.25) is 0 Å². The van der Waals surface area contributed by atoms with Gasteiger partial charge < -0.3 is 10.4 Å². The average molecular weight is 540 g/mol. The van der Waals surface area contributed by atoms with Gasteiger partial charge in [-0.15, -0.1) is 21.5 Å². The van der Waals surface area contributed by atoms with E-state index >= 15 is 0 Å². The van der Waals surface area contributed by atoms with Gasteiger partial charge in [0.15, 0.2) is 5.82 Å². The van der Waals surface area contributed by atoms with Crippen molar-refractivity contribution < 1.29 is 23.1 Å². The minimum Gasteiger partial charge on any atom is -0.481 e. The van der Waals surface area contributed by atoms with Gasteiger partial charge in [0.05, 0.1) is 17.2 Å². The van der Waals surface area contributed by atoms with E-state index in [1.165, 1.54) is 6.07 Å². The highest BCUT2D eigenvalue weighted by Crippen LogP contribution is 2.41. The molecule has 1 aliphatic heterocycles. The Bertz CT molecular complexity index is 1570. The van der Waals surface area contributed by atoms with E-state index in [4.69, 9.17) is 4.99 Å². The zero-order chi connectivity index (χ0) is 27.4. The molecule has 38 heavy (non-hydrogen) atoms. The molecule has 0 saturated carbocycles. The van der Waals surface area contributed by atoms with Gasteiger partial charge in [-0.05, 0) is 63.6 Å². The van der Waals surface area contributed by atoms with Crippen molar-refractivity contribution in [3.05, 3.63) is 87.3 Å². The van der Waals surface area contributed by atoms with Crippen LogP contribution in [0.1, 0.15) is 51.7 Å². The van der Waals surface area contributed by atoms with E-state index in [-0.39, 0.29) is 0 Å². The van der Waals surface area contributed by atoms with Crippen molar-refractivity contribution in [2.45, 2.75) is 39.9 Å². The van der Waals surface area contributed by atoms with Gasteiger partial charge in [-0.1, -0.05) is 18.2 Å². The molecular formula is C27H24F3N5O2S. The topological polar surface area (TPSA) is 92.4 Å². The highest BCUT2D eigenvalue weighted by Gasteiger charge is 2.36. The lowest BCUT2D eigenvalue weighted by atomic mass is 9.98. The maximum absolute atomic E-state index is 13.1. The lowest BCUT2D eigenvalue weighted by Gasteiger charge is -2.16. The van der Waals surface area contributed by atoms with Gasteiger partial charge in [0, 0.05) is 27.4 Å². The number of aryl methyl sites for hydroxylation is 2. The number of halogens is 3. The zero-order valence-corrected chi connectivity index (χ0v) is 21.8. The largest absolute Gasteiger partial charge is 0.481 e. The summed E-state index contributed by atoms with van der Waals surface area (Å²) in [5.41, 5.74) is 3.48. The molecule has 1 unspecified atom stereocenters. The predicted molar refractivity (Wildman–Crippen MR) is 140 cm³/mol. The number of hydrogen-bond acceptors (Lipinski definition) is 6. The number of aromatic nitrogens is 3. The Balaban J connectivity index is 1.58. The standard InChI is InChI=1S/C27H24F3N5O2S/c1-13-15(3)38-25-21(13)23(32-22(14(2)26(36)37)24-34-33-16(4)35(24)25)17-8-10-19(11-9-17)31-20-7-5-6-18(12-20)27(28,29)30/h5-12,14,22,31H,1-4H3,(H,36,37)/t14?,22-/m0/s1. The van der Waals surface area contributed by atoms with Gasteiger partial charge >= 0.3 is 12.1 Å². The first kappa shape index (κ1) is 25.7. The maximum atomic E-state index is 13.1. The molecule has 0 fully saturated rings. The van der Waals surface area contributed by atoms with Gasteiger partial charge in [-0.2, -0.15) is 13.2 Å². The fraction of sp³-hybridized carbons (Fsp3) is 0.259. The minimum absolute atomic E-state index is 0.315. The van der Waals surface area contributed by atoms with Crippen LogP contribution in [0, 0.1) is 26.7 Å². The Labute approximate surface area is 220 Å². The molecule has 0 saturated heterocycles. The molecular weight excluding hydrogens is 515 g/mol. The van der Waals surface area contributed by atoms with Crippen molar-refractivity contribution >= 4 is 34.4 Å². The van der Waals surface area contributed by atoms with Crippen LogP contribution in [-0.2, 0) is 11.0 Å². The molecule has 5 rings (SSSR count). The number of anilines is 2.